The summed E-state index contributed by atoms with van der Waals surface area (Å²) >= 11 is 3.40. The van der Waals surface area contributed by atoms with Crippen LogP contribution in [-0.4, -0.2) is 11.0 Å². The van der Waals surface area contributed by atoms with E-state index in [4.69, 9.17) is 5.73 Å². The zero-order valence-electron chi connectivity index (χ0n) is 14.7. The van der Waals surface area contributed by atoms with Gasteiger partial charge in [0.1, 0.15) is 0 Å². The predicted molar refractivity (Wildman–Crippen MR) is 106 cm³/mol. The molecule has 0 fully saturated rings. The first kappa shape index (κ1) is 22.8. The number of rotatable bonds is 2. The lowest BCUT2D eigenvalue weighted by Crippen LogP contribution is -1.85. The van der Waals surface area contributed by atoms with E-state index in [1.807, 2.05) is 52.9 Å². The number of nitrogen functional groups attached to an aromatic ring is 1. The average Bonchev–Trinajstić information content (AvgIpc) is 3.14. The Hall–Kier alpha value is -0.440. The third-order valence-electron chi connectivity index (χ3n) is 2.35. The molecule has 2 nitrogen and oxygen atoms in total. The van der Waals surface area contributed by atoms with E-state index in [0.717, 1.165) is 24.8 Å². The van der Waals surface area contributed by atoms with Crippen molar-refractivity contribution in [3.05, 3.63) is 27.6 Å². The molecule has 0 aliphatic rings. The molecule has 0 saturated heterocycles. The van der Waals surface area contributed by atoms with Crippen molar-refractivity contribution in [2.45, 2.75) is 54.9 Å². The molecule has 0 saturated carbocycles. The van der Waals surface area contributed by atoms with Crippen molar-refractivity contribution in [1.29, 1.82) is 0 Å². The van der Waals surface area contributed by atoms with Gasteiger partial charge in [-0.3, -0.25) is 0 Å². The summed E-state index contributed by atoms with van der Waals surface area (Å²) < 4.78 is 5.57. The van der Waals surface area contributed by atoms with Gasteiger partial charge in [-0.05, 0) is 50.6 Å². The van der Waals surface area contributed by atoms with Gasteiger partial charge in [-0.15, -0.1) is 11.3 Å². The Kier molecular flexibility index (Phi) is 15.8. The summed E-state index contributed by atoms with van der Waals surface area (Å²) in [6.45, 7) is 16.3. The highest BCUT2D eigenvalue weighted by molar-refractivity contribution is 7.56. The van der Waals surface area contributed by atoms with E-state index in [1.165, 1.54) is 27.4 Å². The Morgan fingerprint density at radius 1 is 1.14 bits per heavy atom. The summed E-state index contributed by atoms with van der Waals surface area (Å²) in [5, 5.41) is 0. The van der Waals surface area contributed by atoms with Gasteiger partial charge >= 0.3 is 0 Å². The number of hydrogen-bond donors (Lipinski definition) is 1. The van der Waals surface area contributed by atoms with Crippen LogP contribution >= 0.6 is 31.4 Å². The molecular formula is C16H31N2PS2. The number of hydrogen-bond acceptors (Lipinski definition) is 4. The molecule has 0 bridgehead atoms. The van der Waals surface area contributed by atoms with Crippen LogP contribution in [-0.2, 0) is 6.42 Å². The maximum absolute atomic E-state index is 5.55. The van der Waals surface area contributed by atoms with Gasteiger partial charge < -0.3 is 5.73 Å². The Labute approximate surface area is 141 Å². The highest BCUT2D eigenvalue weighted by Crippen LogP contribution is 2.18. The maximum Gasteiger partial charge on any atom is 0.0743 e. The first-order valence-corrected chi connectivity index (χ1v) is 10.6. The normalized spacial score (nSPS) is 9.14. The molecule has 2 rings (SSSR count). The Morgan fingerprint density at radius 2 is 1.71 bits per heavy atom. The SMILES string of the molecule is CC.CC.CCc1ccc(PC)s1.Cc1nsc(C)c1N. The van der Waals surface area contributed by atoms with Gasteiger partial charge in [0, 0.05) is 14.4 Å². The minimum absolute atomic E-state index is 0.843. The monoisotopic (exact) mass is 346 g/mol. The van der Waals surface area contributed by atoms with Gasteiger partial charge in [-0.25, -0.2) is 0 Å². The van der Waals surface area contributed by atoms with Crippen LogP contribution in [0.25, 0.3) is 0 Å². The van der Waals surface area contributed by atoms with Crippen molar-refractivity contribution in [2.24, 2.45) is 0 Å². The minimum Gasteiger partial charge on any atom is -0.396 e. The lowest BCUT2D eigenvalue weighted by atomic mass is 10.3. The van der Waals surface area contributed by atoms with Crippen molar-refractivity contribution in [3.8, 4) is 0 Å². The molecule has 0 aliphatic carbocycles. The fourth-order valence-corrected chi connectivity index (χ4v) is 3.56. The molecule has 2 aromatic heterocycles. The second-order valence-corrected chi connectivity index (χ2v) is 7.15. The maximum atomic E-state index is 5.55. The molecule has 0 aromatic carbocycles. The van der Waals surface area contributed by atoms with Crippen LogP contribution in [0.1, 0.15) is 50.1 Å². The number of thiophene rings is 1. The van der Waals surface area contributed by atoms with Crippen LogP contribution in [0.3, 0.4) is 0 Å². The van der Waals surface area contributed by atoms with E-state index < -0.39 is 0 Å². The van der Waals surface area contributed by atoms with Gasteiger partial charge in [-0.1, -0.05) is 43.2 Å². The molecular weight excluding hydrogens is 315 g/mol. The first-order chi connectivity index (χ1) is 10.1. The first-order valence-electron chi connectivity index (χ1n) is 7.53. The molecule has 2 heterocycles. The molecule has 2 N–H and O–H groups in total. The zero-order chi connectivity index (χ0) is 16.8. The smallest absolute Gasteiger partial charge is 0.0743 e. The Balaban J connectivity index is 0. The molecule has 0 spiro atoms. The highest BCUT2D eigenvalue weighted by atomic mass is 32.1. The standard InChI is InChI=1S/C7H11PS.C5H8N2S.2C2H6/c1-3-6-4-5-7(8-2)9-6;1-3-5(6)4(2)8-7-3;2*1-2/h4-5,8H,3H2,1-2H3;6H2,1-2H3;2*1-2H3. The predicted octanol–water partition coefficient (Wildman–Crippen LogP) is 5.64. The van der Waals surface area contributed by atoms with Gasteiger partial charge in [0.15, 0.2) is 0 Å². The van der Waals surface area contributed by atoms with E-state index >= 15 is 0 Å². The lowest BCUT2D eigenvalue weighted by molar-refractivity contribution is 1.19. The van der Waals surface area contributed by atoms with Crippen LogP contribution in [0.5, 0.6) is 0 Å². The molecule has 2 aromatic rings. The van der Waals surface area contributed by atoms with Gasteiger partial charge in [0.2, 0.25) is 0 Å². The molecule has 1 unspecified atom stereocenters. The van der Waals surface area contributed by atoms with E-state index in [-0.39, 0.29) is 0 Å². The van der Waals surface area contributed by atoms with Gasteiger partial charge in [-0.2, -0.15) is 4.37 Å². The van der Waals surface area contributed by atoms with Crippen molar-refractivity contribution in [1.82, 2.24) is 4.37 Å². The molecule has 122 valence electrons. The molecule has 5 heteroatoms. The minimum atomic E-state index is 0.843. The van der Waals surface area contributed by atoms with Crippen molar-refractivity contribution in [3.63, 3.8) is 0 Å². The van der Waals surface area contributed by atoms with E-state index in [9.17, 15) is 0 Å². The van der Waals surface area contributed by atoms with E-state index in [1.54, 1.807) is 0 Å². The largest absolute Gasteiger partial charge is 0.396 e. The number of anilines is 1. The van der Waals surface area contributed by atoms with Gasteiger partial charge in [0.05, 0.1) is 11.4 Å². The molecule has 0 radical (unpaired) electrons. The summed E-state index contributed by atoms with van der Waals surface area (Å²) in [5.74, 6) is 0. The van der Waals surface area contributed by atoms with Crippen molar-refractivity contribution < 1.29 is 0 Å². The van der Waals surface area contributed by atoms with E-state index in [2.05, 4.69) is 30.1 Å². The Bertz CT molecular complexity index is 427. The van der Waals surface area contributed by atoms with Crippen molar-refractivity contribution in [2.75, 3.05) is 12.4 Å². The third-order valence-corrected chi connectivity index (χ3v) is 5.82. The number of aromatic nitrogens is 1. The average molecular weight is 347 g/mol. The lowest BCUT2D eigenvalue weighted by Gasteiger charge is -1.84. The second kappa shape index (κ2) is 14.5. The summed E-state index contributed by atoms with van der Waals surface area (Å²) in [6, 6.07) is 4.47. The number of aryl methyl sites for hydroxylation is 3. The Morgan fingerprint density at radius 3 is 1.90 bits per heavy atom. The topological polar surface area (TPSA) is 38.9 Å². The number of nitrogens with two attached hydrogens (primary N) is 1. The fraction of sp³-hybridized carbons (Fsp3) is 0.562. The molecule has 0 amide bonds. The highest BCUT2D eigenvalue weighted by Gasteiger charge is 1.98. The van der Waals surface area contributed by atoms with E-state index in [0.29, 0.717) is 0 Å². The molecule has 1 atom stereocenters. The van der Waals surface area contributed by atoms with Crippen LogP contribution < -0.4 is 10.4 Å². The third kappa shape index (κ3) is 9.23. The van der Waals surface area contributed by atoms with Crippen LogP contribution in [0.15, 0.2) is 12.1 Å². The summed E-state index contributed by atoms with van der Waals surface area (Å²) in [6.07, 6.45) is 1.19. The van der Waals surface area contributed by atoms with Crippen LogP contribution in [0, 0.1) is 13.8 Å². The zero-order valence-corrected chi connectivity index (χ0v) is 17.3. The quantitative estimate of drug-likeness (QED) is 0.715. The summed E-state index contributed by atoms with van der Waals surface area (Å²) in [4.78, 5) is 2.63. The summed E-state index contributed by atoms with van der Waals surface area (Å²) in [7, 11) is 0.972. The fourth-order valence-electron chi connectivity index (χ4n) is 1.19. The van der Waals surface area contributed by atoms with Crippen LogP contribution in [0.2, 0.25) is 0 Å². The molecule has 21 heavy (non-hydrogen) atoms. The molecule has 0 aliphatic heterocycles. The number of nitrogens with zero attached hydrogens (tertiary/aromatic N) is 1. The summed E-state index contributed by atoms with van der Waals surface area (Å²) in [5.41, 5.74) is 7.34. The van der Waals surface area contributed by atoms with Crippen molar-refractivity contribution >= 4 is 41.8 Å². The van der Waals surface area contributed by atoms with Crippen LogP contribution in [0.4, 0.5) is 5.69 Å². The second-order valence-electron chi connectivity index (χ2n) is 3.61. The van der Waals surface area contributed by atoms with Gasteiger partial charge in [0.25, 0.3) is 0 Å².